The standard InChI is InChI=1S/C10H10FN3O2S/c1-12-4-5-13(10(12)17)9-3-2-7(14(15)16)6-8(9)11/h2-3,6H,4-5H2,1H3. The van der Waals surface area contributed by atoms with Crippen molar-refractivity contribution < 1.29 is 9.31 Å². The number of nitro groups is 1. The van der Waals surface area contributed by atoms with E-state index in [1.54, 1.807) is 4.90 Å². The predicted octanol–water partition coefficient (Wildman–Crippen LogP) is 1.77. The zero-order valence-corrected chi connectivity index (χ0v) is 9.91. The van der Waals surface area contributed by atoms with Crippen molar-refractivity contribution in [3.8, 4) is 0 Å². The molecule has 0 aliphatic carbocycles. The maximum absolute atomic E-state index is 13.7. The molecule has 7 heteroatoms. The number of benzene rings is 1. The lowest BCUT2D eigenvalue weighted by Gasteiger charge is -2.19. The van der Waals surface area contributed by atoms with E-state index in [1.807, 2.05) is 11.9 Å². The average Bonchev–Trinajstić information content (AvgIpc) is 2.60. The first kappa shape index (κ1) is 11.7. The highest BCUT2D eigenvalue weighted by atomic mass is 32.1. The van der Waals surface area contributed by atoms with Crippen LogP contribution in [0.2, 0.25) is 0 Å². The molecule has 1 aromatic carbocycles. The van der Waals surface area contributed by atoms with Crippen LogP contribution in [0.3, 0.4) is 0 Å². The number of rotatable bonds is 2. The number of non-ortho nitro benzene ring substituents is 1. The van der Waals surface area contributed by atoms with Gasteiger partial charge in [0.05, 0.1) is 16.7 Å². The molecule has 0 N–H and O–H groups in total. The van der Waals surface area contributed by atoms with Crippen LogP contribution in [0.5, 0.6) is 0 Å². The molecule has 0 amide bonds. The number of hydrogen-bond donors (Lipinski definition) is 0. The maximum atomic E-state index is 13.7. The summed E-state index contributed by atoms with van der Waals surface area (Å²) in [4.78, 5) is 13.3. The van der Waals surface area contributed by atoms with E-state index in [2.05, 4.69) is 0 Å². The van der Waals surface area contributed by atoms with Crippen molar-refractivity contribution in [1.82, 2.24) is 4.90 Å². The van der Waals surface area contributed by atoms with Crippen LogP contribution < -0.4 is 4.90 Å². The summed E-state index contributed by atoms with van der Waals surface area (Å²) in [5.74, 6) is -0.628. The Bertz CT molecular complexity index is 494. The largest absolute Gasteiger partial charge is 0.350 e. The normalized spacial score (nSPS) is 15.5. The third-order valence-electron chi connectivity index (χ3n) is 2.65. The second kappa shape index (κ2) is 4.25. The van der Waals surface area contributed by atoms with E-state index in [1.165, 1.54) is 12.1 Å². The molecule has 0 saturated carbocycles. The lowest BCUT2D eigenvalue weighted by atomic mass is 10.2. The highest BCUT2D eigenvalue weighted by Crippen LogP contribution is 2.26. The Labute approximate surface area is 103 Å². The predicted molar refractivity (Wildman–Crippen MR) is 65.6 cm³/mol. The van der Waals surface area contributed by atoms with Gasteiger partial charge in [-0.15, -0.1) is 0 Å². The minimum atomic E-state index is -0.628. The van der Waals surface area contributed by atoms with Crippen LogP contribution in [0.15, 0.2) is 18.2 Å². The topological polar surface area (TPSA) is 49.6 Å². The third-order valence-corrected chi connectivity index (χ3v) is 3.18. The number of nitro benzene ring substituents is 1. The van der Waals surface area contributed by atoms with Crippen LogP contribution in [-0.4, -0.2) is 35.1 Å². The summed E-state index contributed by atoms with van der Waals surface area (Å²) in [6.07, 6.45) is 0. The van der Waals surface area contributed by atoms with Gasteiger partial charge in [0, 0.05) is 26.2 Å². The first-order valence-electron chi connectivity index (χ1n) is 4.97. The summed E-state index contributed by atoms with van der Waals surface area (Å²) in [5, 5.41) is 11.0. The Hall–Kier alpha value is -1.76. The maximum Gasteiger partial charge on any atom is 0.272 e. The summed E-state index contributed by atoms with van der Waals surface area (Å²) in [5.41, 5.74) is 0.0228. The van der Waals surface area contributed by atoms with E-state index in [0.717, 1.165) is 12.6 Å². The molecule has 1 saturated heterocycles. The molecule has 90 valence electrons. The van der Waals surface area contributed by atoms with E-state index in [9.17, 15) is 14.5 Å². The van der Waals surface area contributed by atoms with E-state index >= 15 is 0 Å². The van der Waals surface area contributed by atoms with Crippen LogP contribution >= 0.6 is 12.2 Å². The summed E-state index contributed by atoms with van der Waals surface area (Å²) >= 11 is 5.14. The first-order valence-corrected chi connectivity index (χ1v) is 5.38. The SMILES string of the molecule is CN1CCN(c2ccc([N+](=O)[O-])cc2F)C1=S. The van der Waals surface area contributed by atoms with Crippen molar-refractivity contribution in [3.05, 3.63) is 34.1 Å². The summed E-state index contributed by atoms with van der Waals surface area (Å²) in [6, 6.07) is 3.58. The van der Waals surface area contributed by atoms with E-state index in [0.29, 0.717) is 11.7 Å². The molecule has 0 bridgehead atoms. The van der Waals surface area contributed by atoms with Crippen molar-refractivity contribution in [2.75, 3.05) is 25.0 Å². The number of anilines is 1. The van der Waals surface area contributed by atoms with Gasteiger partial charge in [-0.25, -0.2) is 4.39 Å². The van der Waals surface area contributed by atoms with Crippen LogP contribution in [-0.2, 0) is 0 Å². The fraction of sp³-hybridized carbons (Fsp3) is 0.300. The lowest BCUT2D eigenvalue weighted by Crippen LogP contribution is -2.29. The Morgan fingerprint density at radius 2 is 2.18 bits per heavy atom. The smallest absolute Gasteiger partial charge is 0.272 e. The molecule has 1 aromatic rings. The molecular formula is C10H10FN3O2S. The zero-order valence-electron chi connectivity index (χ0n) is 9.09. The minimum absolute atomic E-state index is 0.260. The molecule has 1 aliphatic heterocycles. The highest BCUT2D eigenvalue weighted by molar-refractivity contribution is 7.80. The van der Waals surface area contributed by atoms with Gasteiger partial charge in [0.15, 0.2) is 10.9 Å². The van der Waals surface area contributed by atoms with Crippen molar-refractivity contribution in [2.45, 2.75) is 0 Å². The van der Waals surface area contributed by atoms with Gasteiger partial charge in [0.25, 0.3) is 5.69 Å². The Kier molecular flexibility index (Phi) is 2.93. The second-order valence-electron chi connectivity index (χ2n) is 3.75. The summed E-state index contributed by atoms with van der Waals surface area (Å²) in [6.45, 7) is 1.30. The molecule has 0 radical (unpaired) electrons. The van der Waals surface area contributed by atoms with Gasteiger partial charge in [-0.2, -0.15) is 0 Å². The first-order chi connectivity index (χ1) is 8.00. The van der Waals surface area contributed by atoms with Crippen molar-refractivity contribution >= 4 is 28.7 Å². The number of nitrogens with zero attached hydrogens (tertiary/aromatic N) is 3. The van der Waals surface area contributed by atoms with Gasteiger partial charge in [0.1, 0.15) is 0 Å². The molecule has 5 nitrogen and oxygen atoms in total. The molecular weight excluding hydrogens is 245 g/mol. The summed E-state index contributed by atoms with van der Waals surface area (Å²) in [7, 11) is 1.83. The van der Waals surface area contributed by atoms with E-state index in [4.69, 9.17) is 12.2 Å². The van der Waals surface area contributed by atoms with Crippen LogP contribution in [0.4, 0.5) is 15.8 Å². The van der Waals surface area contributed by atoms with Crippen LogP contribution in [0.1, 0.15) is 0 Å². The van der Waals surface area contributed by atoms with Gasteiger partial charge in [-0.3, -0.25) is 10.1 Å². The zero-order chi connectivity index (χ0) is 12.6. The molecule has 0 aromatic heterocycles. The number of likely N-dealkylation sites (N-methyl/N-ethyl adjacent to an activating group) is 1. The van der Waals surface area contributed by atoms with Gasteiger partial charge in [-0.1, -0.05) is 0 Å². The number of thiocarbonyl (C=S) groups is 1. The minimum Gasteiger partial charge on any atom is -0.350 e. The quantitative estimate of drug-likeness (QED) is 0.458. The van der Waals surface area contributed by atoms with E-state index in [-0.39, 0.29) is 11.4 Å². The van der Waals surface area contributed by atoms with Crippen LogP contribution in [0, 0.1) is 15.9 Å². The fourth-order valence-electron chi connectivity index (χ4n) is 1.70. The Morgan fingerprint density at radius 1 is 1.47 bits per heavy atom. The molecule has 1 heterocycles. The Balaban J connectivity index is 2.34. The van der Waals surface area contributed by atoms with Crippen molar-refractivity contribution in [3.63, 3.8) is 0 Å². The third kappa shape index (κ3) is 2.05. The second-order valence-corrected chi connectivity index (χ2v) is 4.11. The fourth-order valence-corrected chi connectivity index (χ4v) is 1.98. The molecule has 0 unspecified atom stereocenters. The highest BCUT2D eigenvalue weighted by Gasteiger charge is 2.26. The van der Waals surface area contributed by atoms with Crippen molar-refractivity contribution in [2.24, 2.45) is 0 Å². The summed E-state index contributed by atoms with van der Waals surface area (Å²) < 4.78 is 13.7. The molecule has 0 atom stereocenters. The molecule has 0 spiro atoms. The Morgan fingerprint density at radius 3 is 2.65 bits per heavy atom. The van der Waals surface area contributed by atoms with Gasteiger partial charge in [0.2, 0.25) is 0 Å². The molecule has 2 rings (SSSR count). The molecule has 1 aliphatic rings. The molecule has 17 heavy (non-hydrogen) atoms. The number of hydrogen-bond acceptors (Lipinski definition) is 3. The van der Waals surface area contributed by atoms with Crippen LogP contribution in [0.25, 0.3) is 0 Å². The van der Waals surface area contributed by atoms with Gasteiger partial charge < -0.3 is 9.80 Å². The average molecular weight is 255 g/mol. The number of halogens is 1. The van der Waals surface area contributed by atoms with E-state index < -0.39 is 10.7 Å². The van der Waals surface area contributed by atoms with Gasteiger partial charge >= 0.3 is 0 Å². The van der Waals surface area contributed by atoms with Crippen molar-refractivity contribution in [1.29, 1.82) is 0 Å². The monoisotopic (exact) mass is 255 g/mol. The molecule has 1 fully saturated rings. The lowest BCUT2D eigenvalue weighted by molar-refractivity contribution is -0.385. The van der Waals surface area contributed by atoms with Gasteiger partial charge in [-0.05, 0) is 18.3 Å².